The second-order valence-electron chi connectivity index (χ2n) is 24.4. The summed E-state index contributed by atoms with van der Waals surface area (Å²) in [5.74, 6) is -1.32. The number of ether oxygens (including phenoxy) is 2. The van der Waals surface area contributed by atoms with Crippen molar-refractivity contribution in [3.8, 4) is 30.3 Å². The zero-order valence-electron chi connectivity index (χ0n) is 56.8. The number of hydrogen-bond donors (Lipinski definition) is 8. The van der Waals surface area contributed by atoms with E-state index in [0.29, 0.717) is 99.4 Å². The van der Waals surface area contributed by atoms with Gasteiger partial charge in [0.05, 0.1) is 73.7 Å². The Labute approximate surface area is 612 Å². The van der Waals surface area contributed by atoms with E-state index in [4.69, 9.17) is 93.0 Å². The number of nitrogens with two attached hydrogens (primary N) is 1. The summed E-state index contributed by atoms with van der Waals surface area (Å²) in [5.41, 5.74) is 12.7. The van der Waals surface area contributed by atoms with Crippen molar-refractivity contribution in [2.45, 2.75) is 129 Å². The van der Waals surface area contributed by atoms with E-state index < -0.39 is 17.2 Å². The highest BCUT2D eigenvalue weighted by Crippen LogP contribution is 2.27. The summed E-state index contributed by atoms with van der Waals surface area (Å²) < 4.78 is 10.7. The Hall–Kier alpha value is -9.60. The zero-order chi connectivity index (χ0) is 72.9. The lowest BCUT2D eigenvalue weighted by Gasteiger charge is -2.24. The molecule has 20 nitrogen and oxygen atoms in total. The van der Waals surface area contributed by atoms with Gasteiger partial charge in [0.15, 0.2) is 0 Å². The minimum atomic E-state index is -0.881. The number of nitrogens with zero attached hydrogens (tertiary/aromatic N) is 6. The molecule has 1 amide bonds. The number of aliphatic carboxylic acids is 1. The van der Waals surface area contributed by atoms with E-state index in [-0.39, 0.29) is 80.2 Å². The third-order valence-electron chi connectivity index (χ3n) is 13.8. The number of rotatable bonds is 25. The molecule has 0 spiro atoms. The topological polar surface area (TPSA) is 327 Å². The maximum Gasteiger partial charge on any atom is 0.308 e. The van der Waals surface area contributed by atoms with Gasteiger partial charge >= 0.3 is 17.9 Å². The van der Waals surface area contributed by atoms with E-state index in [1.165, 1.54) is 12.5 Å². The lowest BCUT2D eigenvalue weighted by atomic mass is 10.1. The normalized spacial score (nSPS) is 12.8. The minimum absolute atomic E-state index is 0. The highest BCUT2D eigenvalue weighted by molar-refractivity contribution is 6.33. The number of amides is 1. The van der Waals surface area contributed by atoms with Crippen molar-refractivity contribution >= 4 is 105 Å². The largest absolute Gasteiger partial charge is 0.481 e. The molecule has 1 fully saturated rings. The Morgan fingerprint density at radius 1 is 0.540 bits per heavy atom. The smallest absolute Gasteiger partial charge is 0.308 e. The number of nitrogens with one attached hydrogen (secondary N) is 6. The third kappa shape index (κ3) is 33.3. The van der Waals surface area contributed by atoms with Crippen molar-refractivity contribution in [1.29, 1.82) is 26.3 Å². The number of carbonyl (C=O) groups excluding carboxylic acids is 3. The first-order valence-corrected chi connectivity index (χ1v) is 33.0. The van der Waals surface area contributed by atoms with Crippen LogP contribution in [0, 0.1) is 56.7 Å². The molecule has 0 radical (unpaired) electrons. The standard InChI is InChI=1S/C22H26ClN3O2.C18H18ClN3O2.C18H16ClN3O.C15H20ClN3O2.C2H3N.ClH/c1-22(2,3)28-21(27)12-19(15-25-14-16-7-5-4-6-8-16)26-18-10-9-17(13-24)20(23)11-18;19-17-8-15(7-6-14(17)10-20)22-16(9-18(23)24)12-21-11-13-4-2-1-3-5-13;19-17-8-15(7-6-14(17)10-20)21-16-9-18(23)22(12-16)11-13-4-2-1-3-5-13;1-15(2,3)21-14(20)7-12(9-18)19-11-5-4-10(8-17)13(16)6-11;1-2-3;/h4-11,19,25-26H,12,14-15H2,1-3H3;1-8,16,21-22H,9,11-12H2,(H,23,24);1-8,16,21H,9,11-12H2;4-6,12,19H,7,9,18H2,1-3H3;1H3;1H/t19-;2*16-;12-;;/m0000../s1. The number of hydrogen-bond acceptors (Lipinski definition) is 18. The minimum Gasteiger partial charge on any atom is -0.481 e. The number of likely N-dealkylation sites (tertiary alicyclic amines) is 1. The summed E-state index contributed by atoms with van der Waals surface area (Å²) in [5, 5.41) is 73.1. The van der Waals surface area contributed by atoms with Gasteiger partial charge in [-0.05, 0) is 131 Å². The molecule has 25 heteroatoms. The van der Waals surface area contributed by atoms with Gasteiger partial charge in [0, 0.05) is 100 Å². The van der Waals surface area contributed by atoms with Crippen molar-refractivity contribution in [3.05, 3.63) is 223 Å². The van der Waals surface area contributed by atoms with E-state index in [9.17, 15) is 19.2 Å². The van der Waals surface area contributed by atoms with E-state index in [0.717, 1.165) is 22.5 Å². The molecule has 0 bridgehead atoms. The predicted octanol–water partition coefficient (Wildman–Crippen LogP) is 14.8. The summed E-state index contributed by atoms with van der Waals surface area (Å²) in [7, 11) is 0. The molecular formula is C75H84Cl5N13O7. The van der Waals surface area contributed by atoms with Crippen LogP contribution in [-0.2, 0) is 48.3 Å². The first-order chi connectivity index (χ1) is 47.2. The molecule has 526 valence electrons. The Balaban J connectivity index is 0.000000342. The number of esters is 2. The number of carboxylic acids is 1. The first-order valence-electron chi connectivity index (χ1n) is 31.5. The third-order valence-corrected chi connectivity index (χ3v) is 15.0. The van der Waals surface area contributed by atoms with Crippen LogP contribution < -0.4 is 37.6 Å². The van der Waals surface area contributed by atoms with Crippen LogP contribution in [0.2, 0.25) is 20.1 Å². The molecule has 0 aliphatic carbocycles. The van der Waals surface area contributed by atoms with Gasteiger partial charge in [-0.2, -0.15) is 26.3 Å². The molecule has 0 unspecified atom stereocenters. The fraction of sp³-hybridized carbons (Fsp3) is 0.320. The molecule has 7 aromatic carbocycles. The maximum absolute atomic E-state index is 12.3. The van der Waals surface area contributed by atoms with Crippen LogP contribution in [0.15, 0.2) is 164 Å². The molecule has 1 aliphatic rings. The Bertz CT molecular complexity index is 3960. The number of halogens is 5. The average Bonchev–Trinajstić information content (AvgIpc) is 1.72. The van der Waals surface area contributed by atoms with Crippen LogP contribution >= 0.6 is 58.8 Å². The molecule has 7 aromatic rings. The zero-order valence-corrected chi connectivity index (χ0v) is 60.6. The van der Waals surface area contributed by atoms with Crippen molar-refractivity contribution in [2.24, 2.45) is 5.73 Å². The van der Waals surface area contributed by atoms with Gasteiger partial charge < -0.3 is 57.1 Å². The summed E-state index contributed by atoms with van der Waals surface area (Å²) in [6.45, 7) is 16.4. The van der Waals surface area contributed by atoms with Crippen molar-refractivity contribution in [2.75, 3.05) is 47.4 Å². The van der Waals surface area contributed by atoms with Gasteiger partial charge in [0.1, 0.15) is 35.5 Å². The highest BCUT2D eigenvalue weighted by atomic mass is 35.5. The second kappa shape index (κ2) is 44.4. The number of benzene rings is 7. The molecule has 9 N–H and O–H groups in total. The van der Waals surface area contributed by atoms with E-state index in [2.05, 4.69) is 31.9 Å². The first kappa shape index (κ1) is 84.6. The predicted molar refractivity (Wildman–Crippen MR) is 398 cm³/mol. The molecule has 8 rings (SSSR count). The number of carboxylic acid groups (broad SMARTS) is 1. The fourth-order valence-electron chi connectivity index (χ4n) is 9.44. The Kier molecular flexibility index (Phi) is 37.6. The van der Waals surface area contributed by atoms with Crippen LogP contribution in [0.4, 0.5) is 22.7 Å². The van der Waals surface area contributed by atoms with Crippen molar-refractivity contribution in [1.82, 2.24) is 15.5 Å². The lowest BCUT2D eigenvalue weighted by Crippen LogP contribution is -2.36. The average molecular weight is 1460 g/mol. The molecule has 1 saturated heterocycles. The quantitative estimate of drug-likeness (QED) is 0.0246. The van der Waals surface area contributed by atoms with Crippen molar-refractivity contribution < 1.29 is 33.8 Å². The SMILES string of the molecule is CC#N.CC(C)(C)OC(=O)C[C@@H](CN)Nc1ccc(C#N)c(Cl)c1.CC(C)(C)OC(=O)C[C@@H](CNCc1ccccc1)Nc1ccc(C#N)c(Cl)c1.Cl.N#Cc1ccc(N[C@H](CNCc2ccccc2)CC(=O)O)cc1Cl.N#Cc1ccc(N[C@H]2CC(=O)N(Cc3ccccc3)C2)cc1Cl. The summed E-state index contributed by atoms with van der Waals surface area (Å²) in [4.78, 5) is 49.2. The number of carbonyl (C=O) groups is 4. The van der Waals surface area contributed by atoms with Crippen LogP contribution in [0.5, 0.6) is 0 Å². The summed E-state index contributed by atoms with van der Waals surface area (Å²) in [6, 6.07) is 59.3. The van der Waals surface area contributed by atoms with Gasteiger partial charge in [-0.3, -0.25) is 19.2 Å². The van der Waals surface area contributed by atoms with Gasteiger partial charge in [0.25, 0.3) is 0 Å². The molecule has 4 atom stereocenters. The van der Waals surface area contributed by atoms with E-state index >= 15 is 0 Å². The van der Waals surface area contributed by atoms with Crippen molar-refractivity contribution in [3.63, 3.8) is 0 Å². The van der Waals surface area contributed by atoms with Gasteiger partial charge in [-0.1, -0.05) is 137 Å². The summed E-state index contributed by atoms with van der Waals surface area (Å²) >= 11 is 24.1. The van der Waals surface area contributed by atoms with E-state index in [1.807, 2.05) is 168 Å². The van der Waals surface area contributed by atoms with Gasteiger partial charge in [-0.15, -0.1) is 12.4 Å². The van der Waals surface area contributed by atoms with E-state index in [1.54, 1.807) is 72.8 Å². The molecule has 1 aliphatic heterocycles. The highest BCUT2D eigenvalue weighted by Gasteiger charge is 2.30. The van der Waals surface area contributed by atoms with Gasteiger partial charge in [-0.25, -0.2) is 0 Å². The lowest BCUT2D eigenvalue weighted by molar-refractivity contribution is -0.156. The molecule has 100 heavy (non-hydrogen) atoms. The summed E-state index contributed by atoms with van der Waals surface area (Å²) in [6.07, 6.45) is 0.798. The van der Waals surface area contributed by atoms with Gasteiger partial charge in [0.2, 0.25) is 5.91 Å². The Morgan fingerprint density at radius 2 is 0.870 bits per heavy atom. The monoisotopic (exact) mass is 1450 g/mol. The van der Waals surface area contributed by atoms with Crippen LogP contribution in [-0.4, -0.2) is 95.4 Å². The molecule has 0 saturated carbocycles. The molecule has 0 aromatic heterocycles. The number of anilines is 4. The molecular weight excluding hydrogens is 1370 g/mol. The maximum atomic E-state index is 12.3. The van der Waals surface area contributed by atoms with Crippen LogP contribution in [0.3, 0.4) is 0 Å². The fourth-order valence-corrected chi connectivity index (χ4v) is 10.3. The number of nitriles is 5. The van der Waals surface area contributed by atoms with Crippen LogP contribution in [0.25, 0.3) is 0 Å². The van der Waals surface area contributed by atoms with Crippen LogP contribution in [0.1, 0.15) is 113 Å². The Morgan fingerprint density at radius 3 is 1.21 bits per heavy atom. The molecule has 1 heterocycles. The second-order valence-corrected chi connectivity index (χ2v) is 26.1.